The van der Waals surface area contributed by atoms with Gasteiger partial charge in [-0.1, -0.05) is 11.6 Å². The SMILES string of the molecule is COC(=O)C(Cl)OCP(=O)(Cl)Cl. The molecule has 0 amide bonds. The van der Waals surface area contributed by atoms with Gasteiger partial charge in [0.1, 0.15) is 6.35 Å². The highest BCUT2D eigenvalue weighted by Gasteiger charge is 2.21. The molecule has 8 heteroatoms. The Morgan fingerprint density at radius 3 is 2.42 bits per heavy atom. The number of hydrogen-bond acceptors (Lipinski definition) is 4. The molecular formula is C4H6Cl3O4P. The molecule has 0 aromatic carbocycles. The molecule has 0 aliphatic heterocycles. The van der Waals surface area contributed by atoms with E-state index in [1.165, 1.54) is 0 Å². The van der Waals surface area contributed by atoms with E-state index in [4.69, 9.17) is 34.1 Å². The van der Waals surface area contributed by atoms with E-state index in [9.17, 15) is 9.36 Å². The van der Waals surface area contributed by atoms with E-state index in [1.807, 2.05) is 0 Å². The molecule has 0 aliphatic rings. The van der Waals surface area contributed by atoms with Crippen molar-refractivity contribution in [3.63, 3.8) is 0 Å². The van der Waals surface area contributed by atoms with Crippen LogP contribution in [0.25, 0.3) is 0 Å². The number of ether oxygens (including phenoxy) is 2. The fourth-order valence-corrected chi connectivity index (χ4v) is 1.21. The predicted molar refractivity (Wildman–Crippen MR) is 46.9 cm³/mol. The molecule has 1 unspecified atom stereocenters. The zero-order valence-electron chi connectivity index (χ0n) is 6.00. The largest absolute Gasteiger partial charge is 0.466 e. The van der Waals surface area contributed by atoms with Crippen molar-refractivity contribution in [1.82, 2.24) is 0 Å². The van der Waals surface area contributed by atoms with Crippen LogP contribution in [0.3, 0.4) is 0 Å². The average molecular weight is 255 g/mol. The normalized spacial score (nSPS) is 14.0. The third-order valence-corrected chi connectivity index (χ3v) is 2.10. The fourth-order valence-electron chi connectivity index (χ4n) is 0.313. The van der Waals surface area contributed by atoms with Gasteiger partial charge in [-0.2, -0.15) is 0 Å². The molecule has 0 bridgehead atoms. The maximum Gasteiger partial charge on any atom is 0.350 e. The smallest absolute Gasteiger partial charge is 0.350 e. The lowest BCUT2D eigenvalue weighted by Gasteiger charge is -2.08. The number of methoxy groups -OCH3 is 1. The fraction of sp³-hybridized carbons (Fsp3) is 0.750. The molecule has 0 aromatic rings. The molecule has 0 heterocycles. The van der Waals surface area contributed by atoms with Gasteiger partial charge in [0.2, 0.25) is 5.56 Å². The summed E-state index contributed by atoms with van der Waals surface area (Å²) < 4.78 is 19.4. The Labute approximate surface area is 84.0 Å². The summed E-state index contributed by atoms with van der Waals surface area (Å²) in [5.74, 6) is -4.13. The number of alkyl halides is 1. The monoisotopic (exact) mass is 254 g/mol. The van der Waals surface area contributed by atoms with Crippen molar-refractivity contribution in [1.29, 1.82) is 0 Å². The molecule has 4 nitrogen and oxygen atoms in total. The van der Waals surface area contributed by atoms with E-state index < -0.39 is 23.7 Å². The highest BCUT2D eigenvalue weighted by Crippen LogP contribution is 2.56. The molecule has 0 aliphatic carbocycles. The molecule has 1 atom stereocenters. The van der Waals surface area contributed by atoms with Crippen LogP contribution >= 0.6 is 39.9 Å². The first-order valence-corrected chi connectivity index (χ1v) is 6.82. The summed E-state index contributed by atoms with van der Waals surface area (Å²) >= 11 is 15.5. The summed E-state index contributed by atoms with van der Waals surface area (Å²) in [6.45, 7) is 0. The zero-order chi connectivity index (χ0) is 9.78. The number of carbonyl (C=O) groups is 1. The van der Waals surface area contributed by atoms with Gasteiger partial charge in [-0.25, -0.2) is 4.79 Å². The second-order valence-electron chi connectivity index (χ2n) is 1.71. The van der Waals surface area contributed by atoms with E-state index in [0.717, 1.165) is 7.11 Å². The standard InChI is InChI=1S/C4H6Cl3O4P/c1-10-4(8)3(5)11-2-12(6,7)9/h3H,2H2,1H3. The Morgan fingerprint density at radius 2 is 2.08 bits per heavy atom. The Kier molecular flexibility index (Phi) is 5.53. The highest BCUT2D eigenvalue weighted by atomic mass is 35.9. The van der Waals surface area contributed by atoms with Crippen LogP contribution in [0, 0.1) is 0 Å². The van der Waals surface area contributed by atoms with Gasteiger partial charge in [0.25, 0.3) is 5.85 Å². The van der Waals surface area contributed by atoms with Gasteiger partial charge < -0.3 is 9.47 Å². The van der Waals surface area contributed by atoms with Crippen molar-refractivity contribution in [3.8, 4) is 0 Å². The first-order chi connectivity index (χ1) is 5.37. The topological polar surface area (TPSA) is 52.6 Å². The summed E-state index contributed by atoms with van der Waals surface area (Å²) in [5.41, 5.74) is -1.33. The second kappa shape index (κ2) is 5.30. The van der Waals surface area contributed by atoms with Gasteiger partial charge in [0, 0.05) is 0 Å². The van der Waals surface area contributed by atoms with Gasteiger partial charge in [-0.05, 0) is 22.5 Å². The van der Waals surface area contributed by atoms with Crippen molar-refractivity contribution >= 4 is 45.9 Å². The van der Waals surface area contributed by atoms with Gasteiger partial charge in [0.15, 0.2) is 0 Å². The second-order valence-corrected chi connectivity index (χ2v) is 7.30. The molecule has 0 radical (unpaired) electrons. The minimum Gasteiger partial charge on any atom is -0.466 e. The van der Waals surface area contributed by atoms with E-state index in [1.54, 1.807) is 0 Å². The molecular weight excluding hydrogens is 249 g/mol. The summed E-state index contributed by atoms with van der Waals surface area (Å²) in [7, 11) is 1.14. The first-order valence-electron chi connectivity index (χ1n) is 2.68. The van der Waals surface area contributed by atoms with E-state index in [2.05, 4.69) is 9.47 Å². The molecule has 72 valence electrons. The van der Waals surface area contributed by atoms with Crippen molar-refractivity contribution in [3.05, 3.63) is 0 Å². The summed E-state index contributed by atoms with van der Waals surface area (Å²) in [4.78, 5) is 10.6. The van der Waals surface area contributed by atoms with Crippen LogP contribution in [-0.4, -0.2) is 25.0 Å². The van der Waals surface area contributed by atoms with Gasteiger partial charge >= 0.3 is 5.97 Å². The van der Waals surface area contributed by atoms with Crippen molar-refractivity contribution < 1.29 is 18.8 Å². The maximum atomic E-state index is 10.6. The maximum absolute atomic E-state index is 10.6. The van der Waals surface area contributed by atoms with Crippen LogP contribution in [0.5, 0.6) is 0 Å². The summed E-state index contributed by atoms with van der Waals surface area (Å²) in [6, 6.07) is 0. The summed E-state index contributed by atoms with van der Waals surface area (Å²) in [6.07, 6.45) is -0.487. The Bertz CT molecular complexity index is 202. The summed E-state index contributed by atoms with van der Waals surface area (Å²) in [5, 5.41) is 0. The third kappa shape index (κ3) is 6.09. The van der Waals surface area contributed by atoms with Crippen LogP contribution in [0.1, 0.15) is 0 Å². The van der Waals surface area contributed by atoms with E-state index >= 15 is 0 Å². The Morgan fingerprint density at radius 1 is 1.58 bits per heavy atom. The van der Waals surface area contributed by atoms with Gasteiger partial charge in [0.05, 0.1) is 7.11 Å². The molecule has 0 aromatic heterocycles. The lowest BCUT2D eigenvalue weighted by molar-refractivity contribution is -0.147. The molecule has 0 spiro atoms. The molecule has 12 heavy (non-hydrogen) atoms. The van der Waals surface area contributed by atoms with Crippen molar-refractivity contribution in [2.24, 2.45) is 0 Å². The minimum absolute atomic E-state index is 0.487. The quantitative estimate of drug-likeness (QED) is 0.439. The first kappa shape index (κ1) is 12.5. The highest BCUT2D eigenvalue weighted by molar-refractivity contribution is 8.08. The molecule has 0 fully saturated rings. The lowest BCUT2D eigenvalue weighted by Crippen LogP contribution is -2.19. The number of hydrogen-bond donors (Lipinski definition) is 0. The van der Waals surface area contributed by atoms with Crippen LogP contribution in [0.4, 0.5) is 0 Å². The molecule has 0 N–H and O–H groups in total. The van der Waals surface area contributed by atoms with Crippen LogP contribution < -0.4 is 0 Å². The minimum atomic E-state index is -3.34. The lowest BCUT2D eigenvalue weighted by atomic mass is 10.7. The predicted octanol–water partition coefficient (Wildman–Crippen LogP) is 2.37. The number of esters is 1. The van der Waals surface area contributed by atoms with E-state index in [0.29, 0.717) is 0 Å². The van der Waals surface area contributed by atoms with E-state index in [-0.39, 0.29) is 0 Å². The Hall–Kier alpha value is 0.530. The van der Waals surface area contributed by atoms with Crippen molar-refractivity contribution in [2.75, 3.05) is 13.5 Å². The van der Waals surface area contributed by atoms with Crippen LogP contribution in [-0.2, 0) is 18.8 Å². The zero-order valence-corrected chi connectivity index (χ0v) is 9.16. The molecule has 0 saturated carbocycles. The number of carbonyl (C=O) groups excluding carboxylic acids is 1. The van der Waals surface area contributed by atoms with Crippen LogP contribution in [0.15, 0.2) is 0 Å². The average Bonchev–Trinajstić information content (AvgIpc) is 1.97. The Balaban J connectivity index is 3.79. The van der Waals surface area contributed by atoms with Gasteiger partial charge in [-0.15, -0.1) is 0 Å². The molecule has 0 rings (SSSR count). The third-order valence-electron chi connectivity index (χ3n) is 0.758. The van der Waals surface area contributed by atoms with Crippen molar-refractivity contribution in [2.45, 2.75) is 5.56 Å². The number of rotatable bonds is 4. The van der Waals surface area contributed by atoms with Crippen LogP contribution in [0.2, 0.25) is 0 Å². The molecule has 0 saturated heterocycles. The number of halogens is 3. The van der Waals surface area contributed by atoms with Gasteiger partial charge in [-0.3, -0.25) is 4.57 Å².